The number of aliphatic hydroxyl groups is 1. The summed E-state index contributed by atoms with van der Waals surface area (Å²) >= 11 is 12.9. The number of hydrogen-bond acceptors (Lipinski definition) is 6. The first-order valence-corrected chi connectivity index (χ1v) is 13.5. The zero-order valence-corrected chi connectivity index (χ0v) is 20.7. The number of morpholine rings is 1. The number of rotatable bonds is 4. The number of aliphatic hydroxyl groups excluding tert-OH is 1. The fourth-order valence-corrected chi connectivity index (χ4v) is 7.40. The van der Waals surface area contributed by atoms with Crippen molar-refractivity contribution in [1.29, 1.82) is 0 Å². The maximum absolute atomic E-state index is 13.0. The highest BCUT2D eigenvalue weighted by atomic mass is 35.5. The van der Waals surface area contributed by atoms with E-state index in [1.54, 1.807) is 19.1 Å². The van der Waals surface area contributed by atoms with Gasteiger partial charge >= 0.3 is 0 Å². The van der Waals surface area contributed by atoms with E-state index in [2.05, 4.69) is 10.2 Å². The van der Waals surface area contributed by atoms with Crippen molar-refractivity contribution < 1.29 is 18.3 Å². The molecule has 2 aliphatic heterocycles. The Labute approximate surface area is 199 Å². The monoisotopic (exact) mass is 498 g/mol. The number of ether oxygens (including phenoxy) is 1. The highest BCUT2D eigenvalue weighted by Crippen LogP contribution is 2.55. The Morgan fingerprint density at radius 2 is 2.00 bits per heavy atom. The van der Waals surface area contributed by atoms with Crippen molar-refractivity contribution in [2.24, 2.45) is 0 Å². The van der Waals surface area contributed by atoms with Gasteiger partial charge < -0.3 is 20.1 Å². The number of benzene rings is 1. The molecule has 6 nitrogen and oxygen atoms in total. The maximum Gasteiger partial charge on any atom is 0.160 e. The SMILES string of the molecule is CC12C=CC(C)(S(C)(=O)=O)C3=C1N(C[C@H](NCCO)C3)[C@H]1Cc3c(Cl)cc(Cl)cc3[C@@H]1O2. The molecular weight excluding hydrogens is 471 g/mol. The van der Waals surface area contributed by atoms with Crippen LogP contribution in [0.2, 0.25) is 10.0 Å². The van der Waals surface area contributed by atoms with E-state index in [-0.39, 0.29) is 24.8 Å². The first-order chi connectivity index (χ1) is 15.0. The second-order valence-electron chi connectivity index (χ2n) is 9.64. The second kappa shape index (κ2) is 7.45. The number of hydrogen-bond donors (Lipinski definition) is 2. The Balaban J connectivity index is 1.67. The average molecular weight is 499 g/mol. The summed E-state index contributed by atoms with van der Waals surface area (Å²) in [5, 5.41) is 14.0. The van der Waals surface area contributed by atoms with Crippen LogP contribution >= 0.6 is 23.2 Å². The first-order valence-electron chi connectivity index (χ1n) is 10.9. The number of nitrogens with one attached hydrogen (secondary N) is 1. The third-order valence-corrected chi connectivity index (χ3v) is 10.1. The van der Waals surface area contributed by atoms with Crippen LogP contribution in [-0.2, 0) is 21.0 Å². The summed E-state index contributed by atoms with van der Waals surface area (Å²) < 4.78 is 31.5. The molecule has 2 unspecified atom stereocenters. The summed E-state index contributed by atoms with van der Waals surface area (Å²) in [6.45, 7) is 4.97. The Kier molecular flexibility index (Phi) is 5.29. The molecule has 0 saturated carbocycles. The minimum absolute atomic E-state index is 0.00641. The van der Waals surface area contributed by atoms with Crippen molar-refractivity contribution in [3.63, 3.8) is 0 Å². The summed E-state index contributed by atoms with van der Waals surface area (Å²) in [5.74, 6) is 0. The van der Waals surface area contributed by atoms with Gasteiger partial charge in [0.15, 0.2) is 9.84 Å². The van der Waals surface area contributed by atoms with Gasteiger partial charge in [-0.1, -0.05) is 29.3 Å². The smallest absolute Gasteiger partial charge is 0.160 e. The van der Waals surface area contributed by atoms with Gasteiger partial charge in [0.25, 0.3) is 0 Å². The summed E-state index contributed by atoms with van der Waals surface area (Å²) in [6.07, 6.45) is 6.05. The van der Waals surface area contributed by atoms with Crippen molar-refractivity contribution in [3.05, 3.63) is 56.7 Å². The summed E-state index contributed by atoms with van der Waals surface area (Å²) in [4.78, 5) is 2.33. The zero-order valence-electron chi connectivity index (χ0n) is 18.4. The molecule has 0 aromatic heterocycles. The largest absolute Gasteiger partial charge is 0.395 e. The molecule has 0 bridgehead atoms. The number of fused-ring (bicyclic) bond motifs is 4. The van der Waals surface area contributed by atoms with Crippen LogP contribution in [0.15, 0.2) is 35.6 Å². The lowest BCUT2D eigenvalue weighted by atomic mass is 9.75. The number of sulfone groups is 1. The molecule has 2 heterocycles. The van der Waals surface area contributed by atoms with Crippen LogP contribution in [-0.4, -0.2) is 66.8 Å². The average Bonchev–Trinajstić information content (AvgIpc) is 3.07. The Bertz CT molecular complexity index is 1150. The second-order valence-corrected chi connectivity index (χ2v) is 12.9. The fraction of sp³-hybridized carbons (Fsp3) is 0.565. The molecule has 1 aromatic carbocycles. The summed E-state index contributed by atoms with van der Waals surface area (Å²) in [6, 6.07) is 3.71. The van der Waals surface area contributed by atoms with Crippen LogP contribution in [0.3, 0.4) is 0 Å². The lowest BCUT2D eigenvalue weighted by Crippen LogP contribution is -2.62. The molecule has 2 aliphatic carbocycles. The van der Waals surface area contributed by atoms with E-state index in [9.17, 15) is 13.5 Å². The molecule has 32 heavy (non-hydrogen) atoms. The first kappa shape index (κ1) is 22.7. The van der Waals surface area contributed by atoms with Crippen molar-refractivity contribution in [2.75, 3.05) is 26.0 Å². The standard InChI is InChI=1S/C23H28Cl2N2O4S/c1-22-4-5-23(2,32(3,29)30)17-10-14(26-6-7-28)12-27(21(17)22)19-11-15-16(20(19)31-22)8-13(24)9-18(15)25/h4-5,8-9,14,19-20,26,28H,6-7,10-12H2,1-3H3/t14-,19+,20+,22?,23?/m1/s1. The molecule has 2 N–H and O–H groups in total. The summed E-state index contributed by atoms with van der Waals surface area (Å²) in [7, 11) is -3.43. The molecular formula is C23H28Cl2N2O4S. The van der Waals surface area contributed by atoms with E-state index in [1.165, 1.54) is 6.26 Å². The minimum Gasteiger partial charge on any atom is -0.395 e. The normalized spacial score (nSPS) is 35.6. The van der Waals surface area contributed by atoms with Gasteiger partial charge in [-0.05, 0) is 61.6 Å². The van der Waals surface area contributed by atoms with Gasteiger partial charge in [0.1, 0.15) is 16.5 Å². The Hall–Kier alpha value is -1.09. The third-order valence-electron chi connectivity index (χ3n) is 7.58. The molecule has 4 aliphatic rings. The van der Waals surface area contributed by atoms with Gasteiger partial charge in [-0.15, -0.1) is 0 Å². The molecule has 1 saturated heterocycles. The molecule has 1 aromatic rings. The lowest BCUT2D eigenvalue weighted by molar-refractivity contribution is -0.123. The molecule has 0 radical (unpaired) electrons. The molecule has 174 valence electrons. The van der Waals surface area contributed by atoms with Gasteiger partial charge in [0.05, 0.1) is 18.3 Å². The summed E-state index contributed by atoms with van der Waals surface area (Å²) in [5.41, 5.74) is 3.11. The Morgan fingerprint density at radius 1 is 1.25 bits per heavy atom. The Morgan fingerprint density at radius 3 is 2.69 bits per heavy atom. The van der Waals surface area contributed by atoms with Crippen molar-refractivity contribution in [2.45, 2.75) is 55.2 Å². The van der Waals surface area contributed by atoms with Crippen LogP contribution in [0.4, 0.5) is 0 Å². The van der Waals surface area contributed by atoms with Gasteiger partial charge in [-0.3, -0.25) is 0 Å². The van der Waals surface area contributed by atoms with Gasteiger partial charge in [0.2, 0.25) is 0 Å². The fourth-order valence-electron chi connectivity index (χ4n) is 5.87. The predicted octanol–water partition coefficient (Wildman–Crippen LogP) is 3.03. The van der Waals surface area contributed by atoms with E-state index < -0.39 is 20.2 Å². The minimum atomic E-state index is -3.43. The molecule has 0 spiro atoms. The predicted molar refractivity (Wildman–Crippen MR) is 126 cm³/mol. The number of halogens is 2. The van der Waals surface area contributed by atoms with E-state index in [1.807, 2.05) is 19.1 Å². The zero-order chi connectivity index (χ0) is 23.1. The highest BCUT2D eigenvalue weighted by Gasteiger charge is 2.57. The van der Waals surface area contributed by atoms with Gasteiger partial charge in [-0.25, -0.2) is 8.42 Å². The maximum atomic E-state index is 13.0. The topological polar surface area (TPSA) is 78.9 Å². The van der Waals surface area contributed by atoms with Crippen molar-refractivity contribution in [1.82, 2.24) is 10.2 Å². The van der Waals surface area contributed by atoms with E-state index >= 15 is 0 Å². The molecule has 5 atom stereocenters. The molecule has 0 amide bonds. The van der Waals surface area contributed by atoms with Crippen LogP contribution in [0.25, 0.3) is 0 Å². The van der Waals surface area contributed by atoms with Crippen molar-refractivity contribution in [3.8, 4) is 0 Å². The van der Waals surface area contributed by atoms with E-state index in [0.717, 1.165) is 22.4 Å². The third kappa shape index (κ3) is 3.20. The van der Waals surface area contributed by atoms with E-state index in [4.69, 9.17) is 27.9 Å². The van der Waals surface area contributed by atoms with Gasteiger partial charge in [-0.2, -0.15) is 0 Å². The van der Waals surface area contributed by atoms with Crippen molar-refractivity contribution >= 4 is 33.0 Å². The van der Waals surface area contributed by atoms with Crippen LogP contribution in [0.1, 0.15) is 37.5 Å². The lowest BCUT2D eigenvalue weighted by Gasteiger charge is -2.57. The molecule has 5 rings (SSSR count). The van der Waals surface area contributed by atoms with Crippen LogP contribution in [0, 0.1) is 0 Å². The number of nitrogens with zero attached hydrogens (tertiary/aromatic N) is 1. The van der Waals surface area contributed by atoms with Crippen LogP contribution in [0.5, 0.6) is 0 Å². The molecule has 1 fully saturated rings. The quantitative estimate of drug-likeness (QED) is 0.621. The van der Waals surface area contributed by atoms with Gasteiger partial charge in [0, 0.05) is 35.4 Å². The molecule has 9 heteroatoms. The highest BCUT2D eigenvalue weighted by molar-refractivity contribution is 7.92. The van der Waals surface area contributed by atoms with E-state index in [0.29, 0.717) is 36.0 Å². The van der Waals surface area contributed by atoms with Crippen LogP contribution < -0.4 is 5.32 Å².